The Morgan fingerprint density at radius 2 is 1.73 bits per heavy atom. The summed E-state index contributed by atoms with van der Waals surface area (Å²) in [5.74, 6) is -0.217. The van der Waals surface area contributed by atoms with Crippen LogP contribution in [0.25, 0.3) is 0 Å². The van der Waals surface area contributed by atoms with E-state index in [0.717, 1.165) is 0 Å². The second kappa shape index (κ2) is 8.33. The quantitative estimate of drug-likeness (QED) is 0.740. The molecule has 136 valence electrons. The van der Waals surface area contributed by atoms with E-state index in [1.165, 1.54) is 18.2 Å². The predicted molar refractivity (Wildman–Crippen MR) is 97.6 cm³/mol. The lowest BCUT2D eigenvalue weighted by molar-refractivity contribution is -0.134. The number of benzene rings is 1. The van der Waals surface area contributed by atoms with Crippen LogP contribution < -0.4 is 4.90 Å². The Balaban J connectivity index is 1.48. The summed E-state index contributed by atoms with van der Waals surface area (Å²) in [4.78, 5) is 36.3. The lowest BCUT2D eigenvalue weighted by Crippen LogP contribution is -2.50. The second-order valence-electron chi connectivity index (χ2n) is 5.62. The fourth-order valence-corrected chi connectivity index (χ4v) is 2.83. The topological polar surface area (TPSA) is 75.6 Å². The smallest absolute Gasteiger partial charge is 0.338 e. The van der Waals surface area contributed by atoms with Crippen molar-refractivity contribution in [3.8, 4) is 0 Å². The summed E-state index contributed by atoms with van der Waals surface area (Å²) in [6.07, 6.45) is 3.37. The van der Waals surface area contributed by atoms with E-state index in [0.29, 0.717) is 37.1 Å². The van der Waals surface area contributed by atoms with Crippen molar-refractivity contribution in [1.82, 2.24) is 14.9 Å². The van der Waals surface area contributed by atoms with Crippen LogP contribution in [0.4, 0.5) is 5.95 Å². The molecule has 1 aromatic carbocycles. The third kappa shape index (κ3) is 4.42. The van der Waals surface area contributed by atoms with Gasteiger partial charge in [0.1, 0.15) is 0 Å². The summed E-state index contributed by atoms with van der Waals surface area (Å²) in [6.45, 7) is 1.96. The summed E-state index contributed by atoms with van der Waals surface area (Å²) in [5, 5.41) is 0.603. The average Bonchev–Trinajstić information content (AvgIpc) is 2.68. The van der Waals surface area contributed by atoms with E-state index in [9.17, 15) is 9.59 Å². The molecule has 2 heterocycles. The minimum absolute atomic E-state index is 0.243. The van der Waals surface area contributed by atoms with Crippen molar-refractivity contribution >= 4 is 41.0 Å². The van der Waals surface area contributed by atoms with Crippen LogP contribution in [-0.4, -0.2) is 59.5 Å². The molecular formula is C17H16Cl2N4O3. The molecule has 1 amide bonds. The number of halogens is 2. The molecule has 1 aromatic heterocycles. The third-order valence-corrected chi connectivity index (χ3v) is 4.69. The highest BCUT2D eigenvalue weighted by atomic mass is 35.5. The molecule has 1 fully saturated rings. The van der Waals surface area contributed by atoms with Crippen LogP contribution in [0.15, 0.2) is 36.7 Å². The molecule has 0 saturated carbocycles. The Morgan fingerprint density at radius 3 is 2.38 bits per heavy atom. The number of amides is 1. The van der Waals surface area contributed by atoms with Crippen LogP contribution in [0.5, 0.6) is 0 Å². The number of esters is 1. The van der Waals surface area contributed by atoms with Gasteiger partial charge in [0.2, 0.25) is 5.95 Å². The fourth-order valence-electron chi connectivity index (χ4n) is 2.54. The largest absolute Gasteiger partial charge is 0.452 e. The van der Waals surface area contributed by atoms with Gasteiger partial charge in [-0.1, -0.05) is 23.2 Å². The molecule has 0 atom stereocenters. The number of hydrogen-bond donors (Lipinski definition) is 0. The van der Waals surface area contributed by atoms with Gasteiger partial charge in [0.15, 0.2) is 6.61 Å². The minimum atomic E-state index is -0.617. The highest BCUT2D eigenvalue weighted by Gasteiger charge is 2.23. The number of anilines is 1. The average molecular weight is 395 g/mol. The first-order chi connectivity index (χ1) is 12.5. The van der Waals surface area contributed by atoms with Crippen molar-refractivity contribution in [2.75, 3.05) is 37.7 Å². The first kappa shape index (κ1) is 18.4. The minimum Gasteiger partial charge on any atom is -0.452 e. The summed E-state index contributed by atoms with van der Waals surface area (Å²) < 4.78 is 5.08. The Bertz CT molecular complexity index is 796. The van der Waals surface area contributed by atoms with E-state index in [1.807, 2.05) is 4.90 Å². The zero-order chi connectivity index (χ0) is 18.5. The fraction of sp³-hybridized carbons (Fsp3) is 0.294. The van der Waals surface area contributed by atoms with E-state index in [1.54, 1.807) is 23.4 Å². The van der Waals surface area contributed by atoms with Crippen LogP contribution in [0.2, 0.25) is 10.0 Å². The van der Waals surface area contributed by atoms with E-state index < -0.39 is 5.97 Å². The van der Waals surface area contributed by atoms with Crippen molar-refractivity contribution < 1.29 is 14.3 Å². The van der Waals surface area contributed by atoms with E-state index >= 15 is 0 Å². The maximum atomic E-state index is 12.2. The second-order valence-corrected chi connectivity index (χ2v) is 6.44. The molecule has 0 unspecified atom stereocenters. The van der Waals surface area contributed by atoms with Crippen LogP contribution in [0, 0.1) is 0 Å². The maximum absolute atomic E-state index is 12.2. The van der Waals surface area contributed by atoms with Gasteiger partial charge in [0.05, 0.1) is 15.6 Å². The van der Waals surface area contributed by atoms with E-state index in [-0.39, 0.29) is 23.1 Å². The molecule has 0 radical (unpaired) electrons. The lowest BCUT2D eigenvalue weighted by Gasteiger charge is -2.34. The number of carbonyl (C=O) groups excluding carboxylic acids is 2. The third-order valence-electron chi connectivity index (χ3n) is 3.95. The summed E-state index contributed by atoms with van der Waals surface area (Å²) in [7, 11) is 0. The number of piperazine rings is 1. The Labute approximate surface area is 160 Å². The van der Waals surface area contributed by atoms with Gasteiger partial charge in [-0.25, -0.2) is 14.8 Å². The Morgan fingerprint density at radius 1 is 1.04 bits per heavy atom. The van der Waals surface area contributed by atoms with Gasteiger partial charge in [-0.2, -0.15) is 0 Å². The first-order valence-corrected chi connectivity index (χ1v) is 8.72. The van der Waals surface area contributed by atoms with Crippen LogP contribution in [0.1, 0.15) is 10.4 Å². The number of ether oxygens (including phenoxy) is 1. The number of nitrogens with zero attached hydrogens (tertiary/aromatic N) is 4. The van der Waals surface area contributed by atoms with Crippen molar-refractivity contribution in [1.29, 1.82) is 0 Å². The highest BCUT2D eigenvalue weighted by Crippen LogP contribution is 2.23. The maximum Gasteiger partial charge on any atom is 0.338 e. The van der Waals surface area contributed by atoms with Gasteiger partial charge >= 0.3 is 5.97 Å². The molecule has 0 aliphatic carbocycles. The SMILES string of the molecule is O=C(OCC(=O)N1CCN(c2ncccn2)CC1)c1ccc(Cl)c(Cl)c1. The highest BCUT2D eigenvalue weighted by molar-refractivity contribution is 6.42. The van der Waals surface area contributed by atoms with Crippen LogP contribution in [0.3, 0.4) is 0 Å². The molecule has 1 saturated heterocycles. The van der Waals surface area contributed by atoms with Crippen molar-refractivity contribution in [3.63, 3.8) is 0 Å². The molecule has 2 aromatic rings. The normalized spacial score (nSPS) is 14.2. The molecule has 0 bridgehead atoms. The van der Waals surface area contributed by atoms with Crippen molar-refractivity contribution in [2.24, 2.45) is 0 Å². The standard InChI is InChI=1S/C17H16Cl2N4O3/c18-13-3-2-12(10-14(13)19)16(25)26-11-15(24)22-6-8-23(9-7-22)17-20-4-1-5-21-17/h1-5,10H,6-9,11H2. The summed E-state index contributed by atoms with van der Waals surface area (Å²) in [5.41, 5.74) is 0.248. The number of rotatable bonds is 4. The molecule has 9 heteroatoms. The number of carbonyl (C=O) groups is 2. The molecule has 1 aliphatic heterocycles. The molecule has 1 aliphatic rings. The van der Waals surface area contributed by atoms with Crippen molar-refractivity contribution in [3.05, 3.63) is 52.3 Å². The van der Waals surface area contributed by atoms with Gasteiger partial charge in [-0.3, -0.25) is 4.79 Å². The molecular weight excluding hydrogens is 379 g/mol. The first-order valence-electron chi connectivity index (χ1n) is 7.96. The monoisotopic (exact) mass is 394 g/mol. The zero-order valence-corrected chi connectivity index (χ0v) is 15.3. The van der Waals surface area contributed by atoms with Crippen molar-refractivity contribution in [2.45, 2.75) is 0 Å². The van der Waals surface area contributed by atoms with Gasteiger partial charge < -0.3 is 14.5 Å². The Hall–Kier alpha value is -2.38. The van der Waals surface area contributed by atoms with Gasteiger partial charge in [0.25, 0.3) is 5.91 Å². The number of hydrogen-bond acceptors (Lipinski definition) is 6. The summed E-state index contributed by atoms with van der Waals surface area (Å²) in [6, 6.07) is 6.17. The lowest BCUT2D eigenvalue weighted by atomic mass is 10.2. The van der Waals surface area contributed by atoms with E-state index in [2.05, 4.69) is 9.97 Å². The zero-order valence-electron chi connectivity index (χ0n) is 13.8. The Kier molecular flexibility index (Phi) is 5.90. The van der Waals surface area contributed by atoms with E-state index in [4.69, 9.17) is 27.9 Å². The molecule has 0 spiro atoms. The molecule has 7 nitrogen and oxygen atoms in total. The predicted octanol–water partition coefficient (Wildman–Crippen LogP) is 2.29. The molecule has 0 N–H and O–H groups in total. The van der Waals surface area contributed by atoms with Gasteiger partial charge in [-0.05, 0) is 24.3 Å². The summed E-state index contributed by atoms with van der Waals surface area (Å²) >= 11 is 11.7. The van der Waals surface area contributed by atoms with Gasteiger partial charge in [0, 0.05) is 38.6 Å². The number of aromatic nitrogens is 2. The molecule has 26 heavy (non-hydrogen) atoms. The molecule has 3 rings (SSSR count). The van der Waals surface area contributed by atoms with Gasteiger partial charge in [-0.15, -0.1) is 0 Å². The van der Waals surface area contributed by atoms with Crippen LogP contribution in [-0.2, 0) is 9.53 Å². The van der Waals surface area contributed by atoms with Crippen LogP contribution >= 0.6 is 23.2 Å².